The van der Waals surface area contributed by atoms with Crippen molar-refractivity contribution >= 4 is 24.0 Å². The van der Waals surface area contributed by atoms with Gasteiger partial charge >= 0.3 is 0 Å². The zero-order valence-electron chi connectivity index (χ0n) is 15.8. The van der Waals surface area contributed by atoms with Crippen LogP contribution in [0.1, 0.15) is 12.8 Å². The van der Waals surface area contributed by atoms with Gasteiger partial charge < -0.3 is 24.3 Å². The number of benzene rings is 1. The van der Waals surface area contributed by atoms with E-state index < -0.39 is 0 Å². The van der Waals surface area contributed by atoms with Gasteiger partial charge in [0, 0.05) is 5.56 Å². The van der Waals surface area contributed by atoms with Gasteiger partial charge in [-0.25, -0.2) is 4.98 Å². The van der Waals surface area contributed by atoms with E-state index in [9.17, 15) is 0 Å². The maximum atomic E-state index is 6.33. The van der Waals surface area contributed by atoms with Crippen LogP contribution in [0.15, 0.2) is 24.4 Å². The molecule has 1 aromatic heterocycles. The number of aromatic nitrogens is 1. The number of pyridine rings is 1. The second-order valence-electron chi connectivity index (χ2n) is 6.24. The lowest BCUT2D eigenvalue weighted by atomic mass is 10.1. The van der Waals surface area contributed by atoms with Crippen LogP contribution in [-0.4, -0.2) is 45.5 Å². The molecular formula is C19H24Cl2N2O4. The summed E-state index contributed by atoms with van der Waals surface area (Å²) in [6.45, 7) is 0.599. The van der Waals surface area contributed by atoms with E-state index in [2.05, 4.69) is 10.3 Å². The molecule has 8 heteroatoms. The number of ether oxygens (including phenoxy) is 4. The normalized spacial score (nSPS) is 14.1. The van der Waals surface area contributed by atoms with Crippen LogP contribution in [0.2, 0.25) is 5.15 Å². The summed E-state index contributed by atoms with van der Waals surface area (Å²) in [5, 5.41) is 3.68. The highest BCUT2D eigenvalue weighted by molar-refractivity contribution is 6.32. The fourth-order valence-corrected chi connectivity index (χ4v) is 3.00. The van der Waals surface area contributed by atoms with E-state index in [1.165, 1.54) is 0 Å². The van der Waals surface area contributed by atoms with Gasteiger partial charge in [0.1, 0.15) is 17.5 Å². The Morgan fingerprint density at radius 3 is 2.19 bits per heavy atom. The van der Waals surface area contributed by atoms with E-state index in [1.807, 2.05) is 25.2 Å². The molecule has 1 heterocycles. The van der Waals surface area contributed by atoms with Crippen molar-refractivity contribution < 1.29 is 18.9 Å². The first-order valence-electron chi connectivity index (χ1n) is 8.33. The Bertz CT molecular complexity index is 772. The predicted octanol–water partition coefficient (Wildman–Crippen LogP) is 3.98. The molecule has 6 nitrogen and oxygen atoms in total. The van der Waals surface area contributed by atoms with Crippen LogP contribution in [0.4, 0.5) is 0 Å². The van der Waals surface area contributed by atoms with Gasteiger partial charge in [-0.15, -0.1) is 12.4 Å². The predicted molar refractivity (Wildman–Crippen MR) is 108 cm³/mol. The lowest BCUT2D eigenvalue weighted by molar-refractivity contribution is 0.259. The van der Waals surface area contributed by atoms with E-state index in [-0.39, 0.29) is 17.9 Å². The molecule has 0 spiro atoms. The SMILES string of the molecule is CNC1(COc2cnc(Cl)c(-c3cc(OC)c(OC)c(OC)c3)c2)CC1.Cl. The van der Waals surface area contributed by atoms with Gasteiger partial charge in [-0.3, -0.25) is 0 Å². The fourth-order valence-electron chi connectivity index (χ4n) is 2.79. The minimum atomic E-state index is 0. The largest absolute Gasteiger partial charge is 0.493 e. The molecule has 0 saturated heterocycles. The van der Waals surface area contributed by atoms with Crippen LogP contribution >= 0.6 is 24.0 Å². The number of halogens is 2. The standard InChI is InChI=1S/C19H23ClN2O4.ClH/c1-21-19(5-6-19)11-26-13-9-14(18(20)22-10-13)12-7-15(23-2)17(25-4)16(8-12)24-3;/h7-10,21H,5-6,11H2,1-4H3;1H. The molecule has 1 fully saturated rings. The van der Waals surface area contributed by atoms with E-state index in [0.29, 0.717) is 34.8 Å². The monoisotopic (exact) mass is 414 g/mol. The first-order chi connectivity index (χ1) is 12.6. The molecule has 0 radical (unpaired) electrons. The number of likely N-dealkylation sites (N-methyl/N-ethyl adjacent to an activating group) is 1. The second-order valence-corrected chi connectivity index (χ2v) is 6.60. The van der Waals surface area contributed by atoms with Gasteiger partial charge in [0.05, 0.1) is 33.1 Å². The molecular weight excluding hydrogens is 391 g/mol. The third-order valence-corrected chi connectivity index (χ3v) is 4.99. The minimum absolute atomic E-state index is 0. The Hall–Kier alpha value is -1.89. The Morgan fingerprint density at radius 1 is 1.07 bits per heavy atom. The van der Waals surface area contributed by atoms with Gasteiger partial charge in [0.15, 0.2) is 11.5 Å². The van der Waals surface area contributed by atoms with Gasteiger partial charge in [0.2, 0.25) is 5.75 Å². The first-order valence-corrected chi connectivity index (χ1v) is 8.71. The molecule has 0 bridgehead atoms. The molecule has 0 amide bonds. The van der Waals surface area contributed by atoms with Crippen LogP contribution in [0.3, 0.4) is 0 Å². The van der Waals surface area contributed by atoms with Crippen LogP contribution in [0.5, 0.6) is 23.0 Å². The quantitative estimate of drug-likeness (QED) is 0.659. The first kappa shape index (κ1) is 21.4. The van der Waals surface area contributed by atoms with Crippen LogP contribution in [0, 0.1) is 0 Å². The van der Waals surface area contributed by atoms with Crippen LogP contribution in [-0.2, 0) is 0 Å². The van der Waals surface area contributed by atoms with Crippen LogP contribution < -0.4 is 24.3 Å². The average molecular weight is 415 g/mol. The molecule has 1 aromatic carbocycles. The summed E-state index contributed by atoms with van der Waals surface area (Å²) >= 11 is 6.33. The summed E-state index contributed by atoms with van der Waals surface area (Å²) < 4.78 is 22.1. The van der Waals surface area contributed by atoms with Crippen molar-refractivity contribution in [2.75, 3.05) is 35.0 Å². The molecule has 0 aliphatic heterocycles. The Labute approximate surface area is 170 Å². The zero-order chi connectivity index (χ0) is 18.7. The Morgan fingerprint density at radius 2 is 1.70 bits per heavy atom. The molecule has 1 N–H and O–H groups in total. The lowest BCUT2D eigenvalue weighted by Crippen LogP contribution is -2.33. The van der Waals surface area contributed by atoms with Gasteiger partial charge in [0.25, 0.3) is 0 Å². The molecule has 0 atom stereocenters. The summed E-state index contributed by atoms with van der Waals surface area (Å²) in [6.07, 6.45) is 3.87. The molecule has 3 rings (SSSR count). The highest BCUT2D eigenvalue weighted by Gasteiger charge is 2.41. The summed E-state index contributed by atoms with van der Waals surface area (Å²) in [5.41, 5.74) is 1.63. The summed E-state index contributed by atoms with van der Waals surface area (Å²) in [5.74, 6) is 2.30. The van der Waals surface area contributed by atoms with Crippen molar-refractivity contribution in [1.29, 1.82) is 0 Å². The highest BCUT2D eigenvalue weighted by atomic mass is 35.5. The topological polar surface area (TPSA) is 61.8 Å². The third kappa shape index (κ3) is 4.51. The van der Waals surface area contributed by atoms with Crippen molar-refractivity contribution in [2.45, 2.75) is 18.4 Å². The third-order valence-electron chi connectivity index (χ3n) is 4.69. The minimum Gasteiger partial charge on any atom is -0.493 e. The number of nitrogens with zero attached hydrogens (tertiary/aromatic N) is 1. The molecule has 27 heavy (non-hydrogen) atoms. The highest BCUT2D eigenvalue weighted by Crippen LogP contribution is 2.43. The number of rotatable bonds is 8. The van der Waals surface area contributed by atoms with E-state index in [4.69, 9.17) is 30.5 Å². The van der Waals surface area contributed by atoms with Crippen LogP contribution in [0.25, 0.3) is 11.1 Å². The molecule has 1 aliphatic carbocycles. The van der Waals surface area contributed by atoms with E-state index in [0.717, 1.165) is 24.0 Å². The number of methoxy groups -OCH3 is 3. The van der Waals surface area contributed by atoms with E-state index >= 15 is 0 Å². The lowest BCUT2D eigenvalue weighted by Gasteiger charge is -2.17. The Kier molecular flexibility index (Phi) is 7.03. The second kappa shape index (κ2) is 8.87. The molecule has 148 valence electrons. The van der Waals surface area contributed by atoms with Crippen molar-refractivity contribution in [3.63, 3.8) is 0 Å². The smallest absolute Gasteiger partial charge is 0.203 e. The molecule has 1 saturated carbocycles. The van der Waals surface area contributed by atoms with Crippen molar-refractivity contribution in [2.24, 2.45) is 0 Å². The number of hydrogen-bond acceptors (Lipinski definition) is 6. The van der Waals surface area contributed by atoms with Gasteiger partial charge in [-0.05, 0) is 43.7 Å². The van der Waals surface area contributed by atoms with Crippen molar-refractivity contribution in [1.82, 2.24) is 10.3 Å². The zero-order valence-corrected chi connectivity index (χ0v) is 17.4. The van der Waals surface area contributed by atoms with E-state index in [1.54, 1.807) is 27.5 Å². The number of nitrogens with one attached hydrogen (secondary N) is 1. The number of hydrogen-bond donors (Lipinski definition) is 1. The van der Waals surface area contributed by atoms with Gasteiger partial charge in [-0.2, -0.15) is 0 Å². The Balaban J connectivity index is 0.00000261. The van der Waals surface area contributed by atoms with Gasteiger partial charge in [-0.1, -0.05) is 11.6 Å². The van der Waals surface area contributed by atoms with Crippen molar-refractivity contribution in [3.8, 4) is 34.1 Å². The summed E-state index contributed by atoms with van der Waals surface area (Å²) in [6, 6.07) is 5.55. The van der Waals surface area contributed by atoms with Crippen molar-refractivity contribution in [3.05, 3.63) is 29.5 Å². The molecule has 0 unspecified atom stereocenters. The summed E-state index contributed by atoms with van der Waals surface area (Å²) in [4.78, 5) is 4.26. The molecule has 2 aromatic rings. The average Bonchev–Trinajstić information content (AvgIpc) is 3.46. The summed E-state index contributed by atoms with van der Waals surface area (Å²) in [7, 11) is 6.68. The maximum Gasteiger partial charge on any atom is 0.203 e. The maximum absolute atomic E-state index is 6.33. The molecule has 1 aliphatic rings. The fraction of sp³-hybridized carbons (Fsp3) is 0.421.